The van der Waals surface area contributed by atoms with Crippen molar-refractivity contribution >= 4 is 20.8 Å². The Labute approximate surface area is 163 Å². The van der Waals surface area contributed by atoms with Crippen molar-refractivity contribution in [2.75, 3.05) is 31.3 Å². The Bertz CT molecular complexity index is 214. The van der Waals surface area contributed by atoms with Gasteiger partial charge in [-0.3, -0.25) is 0 Å². The van der Waals surface area contributed by atoms with Crippen LogP contribution in [-0.4, -0.2) is 31.3 Å². The van der Waals surface area contributed by atoms with E-state index in [1.807, 2.05) is 11.8 Å². The quantitative estimate of drug-likeness (QED) is 0.164. The molecule has 0 aliphatic carbocycles. The minimum absolute atomic E-state index is 0.156. The molecule has 0 bridgehead atoms. The molecule has 0 radical (unpaired) electrons. The van der Waals surface area contributed by atoms with E-state index in [2.05, 4.69) is 6.92 Å². The number of hydrogen-bond donors (Lipinski definition) is 1. The standard InChI is InChI=1S/C20H44NO2PS/c1-2-3-4-5-6-7-8-9-10-11-12-13-14-15-19-25-20-18-23-24-22-17-16-21/h24H,2-21H2,1H3. The summed E-state index contributed by atoms with van der Waals surface area (Å²) in [6.07, 6.45) is 20.0. The summed E-state index contributed by atoms with van der Waals surface area (Å²) in [5.41, 5.74) is 5.33. The molecule has 1 atom stereocenters. The Balaban J connectivity index is 2.94. The summed E-state index contributed by atoms with van der Waals surface area (Å²) in [5.74, 6) is 2.35. The van der Waals surface area contributed by atoms with Crippen molar-refractivity contribution in [2.45, 2.75) is 96.8 Å². The molecule has 0 saturated carbocycles. The molecular weight excluding hydrogens is 349 g/mol. The van der Waals surface area contributed by atoms with Gasteiger partial charge in [0.15, 0.2) is 9.03 Å². The second-order valence-corrected chi connectivity index (χ2v) is 8.75. The van der Waals surface area contributed by atoms with Gasteiger partial charge in [0.1, 0.15) is 0 Å². The van der Waals surface area contributed by atoms with Gasteiger partial charge in [-0.05, 0) is 12.2 Å². The summed E-state index contributed by atoms with van der Waals surface area (Å²) in [7, 11) is 0.156. The van der Waals surface area contributed by atoms with E-state index in [0.29, 0.717) is 13.2 Å². The van der Waals surface area contributed by atoms with Crippen LogP contribution in [0.4, 0.5) is 0 Å². The molecule has 0 heterocycles. The molecule has 0 aliphatic rings. The highest BCUT2D eigenvalue weighted by molar-refractivity contribution is 7.99. The molecule has 0 rings (SSSR count). The maximum absolute atomic E-state index is 5.39. The van der Waals surface area contributed by atoms with Crippen LogP contribution in [0.1, 0.15) is 96.8 Å². The molecule has 0 spiro atoms. The lowest BCUT2D eigenvalue weighted by Gasteiger charge is -2.05. The molecule has 0 aromatic rings. The minimum atomic E-state index is 0.156. The van der Waals surface area contributed by atoms with E-state index in [0.717, 1.165) is 12.4 Å². The lowest BCUT2D eigenvalue weighted by atomic mass is 10.0. The molecule has 1 unspecified atom stereocenters. The van der Waals surface area contributed by atoms with Gasteiger partial charge in [-0.2, -0.15) is 11.8 Å². The van der Waals surface area contributed by atoms with Crippen LogP contribution in [0.15, 0.2) is 0 Å². The van der Waals surface area contributed by atoms with Crippen LogP contribution in [0.25, 0.3) is 0 Å². The van der Waals surface area contributed by atoms with Crippen LogP contribution in [0.2, 0.25) is 0 Å². The molecule has 0 aromatic heterocycles. The highest BCUT2D eigenvalue weighted by Gasteiger charge is 1.95. The Kier molecular flexibility index (Phi) is 25.3. The maximum atomic E-state index is 5.39. The second-order valence-electron chi connectivity index (χ2n) is 6.78. The molecule has 0 fully saturated rings. The van der Waals surface area contributed by atoms with Gasteiger partial charge in [-0.25, -0.2) is 0 Å². The van der Waals surface area contributed by atoms with Crippen molar-refractivity contribution in [3.63, 3.8) is 0 Å². The summed E-state index contributed by atoms with van der Waals surface area (Å²) in [6, 6.07) is 0. The predicted octanol–water partition coefficient (Wildman–Crippen LogP) is 6.70. The second kappa shape index (κ2) is 24.7. The minimum Gasteiger partial charge on any atom is -0.335 e. The van der Waals surface area contributed by atoms with Gasteiger partial charge in [0.2, 0.25) is 0 Å². The van der Waals surface area contributed by atoms with E-state index in [4.69, 9.17) is 14.8 Å². The molecule has 25 heavy (non-hydrogen) atoms. The SMILES string of the molecule is CCCCCCCCCCCCCCCCSCCOPOCCN. The fraction of sp³-hybridized carbons (Fsp3) is 1.00. The summed E-state index contributed by atoms with van der Waals surface area (Å²) in [5, 5.41) is 0. The van der Waals surface area contributed by atoms with Crippen molar-refractivity contribution in [1.82, 2.24) is 0 Å². The average Bonchev–Trinajstić information content (AvgIpc) is 2.63. The van der Waals surface area contributed by atoms with E-state index in [-0.39, 0.29) is 9.03 Å². The number of rotatable bonds is 22. The molecule has 2 N–H and O–H groups in total. The average molecular weight is 394 g/mol. The predicted molar refractivity (Wildman–Crippen MR) is 117 cm³/mol. The van der Waals surface area contributed by atoms with Crippen LogP contribution in [0, 0.1) is 0 Å². The Morgan fingerprint density at radius 3 is 1.64 bits per heavy atom. The zero-order valence-corrected chi connectivity index (χ0v) is 18.6. The number of thioether (sulfide) groups is 1. The fourth-order valence-corrected chi connectivity index (χ4v) is 4.22. The first kappa shape index (κ1) is 25.7. The van der Waals surface area contributed by atoms with E-state index in [9.17, 15) is 0 Å². The fourth-order valence-electron chi connectivity index (χ4n) is 2.79. The van der Waals surface area contributed by atoms with E-state index in [1.54, 1.807) is 0 Å². The first-order valence-corrected chi connectivity index (χ1v) is 12.6. The Hall–Kier alpha value is 0.660. The normalized spacial score (nSPS) is 11.8. The third-order valence-corrected chi connectivity index (χ3v) is 5.99. The van der Waals surface area contributed by atoms with Crippen molar-refractivity contribution in [3.8, 4) is 0 Å². The van der Waals surface area contributed by atoms with Crippen LogP contribution in [0.3, 0.4) is 0 Å². The summed E-state index contributed by atoms with van der Waals surface area (Å²) in [4.78, 5) is 0. The molecule has 5 heteroatoms. The van der Waals surface area contributed by atoms with Gasteiger partial charge in [0, 0.05) is 12.3 Å². The Morgan fingerprint density at radius 1 is 0.640 bits per heavy atom. The van der Waals surface area contributed by atoms with Crippen molar-refractivity contribution in [3.05, 3.63) is 0 Å². The molecule has 0 saturated heterocycles. The number of nitrogens with two attached hydrogens (primary N) is 1. The highest BCUT2D eigenvalue weighted by atomic mass is 32.2. The summed E-state index contributed by atoms with van der Waals surface area (Å²) >= 11 is 2.00. The molecule has 152 valence electrons. The van der Waals surface area contributed by atoms with Gasteiger partial charge >= 0.3 is 0 Å². The topological polar surface area (TPSA) is 44.5 Å². The molecular formula is C20H44NO2PS. The van der Waals surface area contributed by atoms with Crippen LogP contribution >= 0.6 is 20.8 Å². The van der Waals surface area contributed by atoms with Gasteiger partial charge in [0.05, 0.1) is 13.2 Å². The molecule has 0 aromatic carbocycles. The lowest BCUT2D eigenvalue weighted by molar-refractivity contribution is 0.284. The summed E-state index contributed by atoms with van der Waals surface area (Å²) < 4.78 is 10.6. The summed E-state index contributed by atoms with van der Waals surface area (Å²) in [6.45, 7) is 4.26. The van der Waals surface area contributed by atoms with Crippen molar-refractivity contribution in [1.29, 1.82) is 0 Å². The molecule has 3 nitrogen and oxygen atoms in total. The van der Waals surface area contributed by atoms with Crippen LogP contribution in [0.5, 0.6) is 0 Å². The molecule has 0 amide bonds. The van der Waals surface area contributed by atoms with E-state index >= 15 is 0 Å². The first-order chi connectivity index (χ1) is 12.4. The highest BCUT2D eigenvalue weighted by Crippen LogP contribution is 2.15. The van der Waals surface area contributed by atoms with E-state index < -0.39 is 0 Å². The third-order valence-electron chi connectivity index (χ3n) is 4.31. The van der Waals surface area contributed by atoms with E-state index in [1.165, 1.54) is 95.6 Å². The van der Waals surface area contributed by atoms with Crippen LogP contribution in [-0.2, 0) is 9.05 Å². The maximum Gasteiger partial charge on any atom is 0.155 e. The lowest BCUT2D eigenvalue weighted by Crippen LogP contribution is -2.04. The number of hydrogen-bond acceptors (Lipinski definition) is 4. The Morgan fingerprint density at radius 2 is 1.12 bits per heavy atom. The smallest absolute Gasteiger partial charge is 0.155 e. The largest absolute Gasteiger partial charge is 0.335 e. The van der Waals surface area contributed by atoms with Crippen LogP contribution < -0.4 is 5.73 Å². The monoisotopic (exact) mass is 393 g/mol. The van der Waals surface area contributed by atoms with Crippen molar-refractivity contribution < 1.29 is 9.05 Å². The van der Waals surface area contributed by atoms with Gasteiger partial charge in [-0.15, -0.1) is 0 Å². The molecule has 0 aliphatic heterocycles. The number of unbranched alkanes of at least 4 members (excludes halogenated alkanes) is 13. The third kappa shape index (κ3) is 24.7. The first-order valence-electron chi connectivity index (χ1n) is 10.7. The van der Waals surface area contributed by atoms with Gasteiger partial charge < -0.3 is 14.8 Å². The van der Waals surface area contributed by atoms with Gasteiger partial charge in [0.25, 0.3) is 0 Å². The van der Waals surface area contributed by atoms with Crippen molar-refractivity contribution in [2.24, 2.45) is 5.73 Å². The zero-order valence-electron chi connectivity index (χ0n) is 16.7. The van der Waals surface area contributed by atoms with Gasteiger partial charge in [-0.1, -0.05) is 90.4 Å². The zero-order chi connectivity index (χ0) is 18.3.